The molecule has 7 heteroatoms. The molecule has 19 heavy (non-hydrogen) atoms. The summed E-state index contributed by atoms with van der Waals surface area (Å²) in [5.74, 6) is 0.375. The van der Waals surface area contributed by atoms with Crippen molar-refractivity contribution in [1.82, 2.24) is 0 Å². The minimum Gasteiger partial charge on any atom is -0.229 e. The van der Waals surface area contributed by atoms with Gasteiger partial charge < -0.3 is 0 Å². The molecule has 4 nitrogen and oxygen atoms in total. The third-order valence-electron chi connectivity index (χ3n) is 4.43. The molecular formula is C12H21ClO4S2. The Morgan fingerprint density at radius 2 is 1.89 bits per heavy atom. The number of alkyl halides is 1. The van der Waals surface area contributed by atoms with E-state index in [4.69, 9.17) is 11.6 Å². The van der Waals surface area contributed by atoms with Gasteiger partial charge in [0.1, 0.15) is 0 Å². The number of halogens is 1. The van der Waals surface area contributed by atoms with Gasteiger partial charge in [-0.05, 0) is 37.5 Å². The minimum absolute atomic E-state index is 0.0148. The molecule has 2 aliphatic rings. The van der Waals surface area contributed by atoms with Gasteiger partial charge in [-0.2, -0.15) is 0 Å². The molecule has 4 unspecified atom stereocenters. The summed E-state index contributed by atoms with van der Waals surface area (Å²) in [4.78, 5) is 0. The van der Waals surface area contributed by atoms with Crippen LogP contribution in [0.1, 0.15) is 32.6 Å². The molecular weight excluding hydrogens is 308 g/mol. The van der Waals surface area contributed by atoms with Gasteiger partial charge in [0, 0.05) is 5.38 Å². The van der Waals surface area contributed by atoms with Gasteiger partial charge >= 0.3 is 0 Å². The van der Waals surface area contributed by atoms with Crippen molar-refractivity contribution in [1.29, 1.82) is 0 Å². The predicted octanol–water partition coefficient (Wildman–Crippen LogP) is 1.63. The van der Waals surface area contributed by atoms with Gasteiger partial charge in [0.15, 0.2) is 19.7 Å². The Balaban J connectivity index is 2.02. The first-order valence-corrected chi connectivity index (χ1v) is 10.7. The Morgan fingerprint density at radius 1 is 1.21 bits per heavy atom. The summed E-state index contributed by atoms with van der Waals surface area (Å²) in [6.07, 6.45) is 2.80. The molecule has 1 saturated carbocycles. The molecule has 0 amide bonds. The smallest absolute Gasteiger partial charge is 0.154 e. The van der Waals surface area contributed by atoms with E-state index in [2.05, 4.69) is 0 Å². The number of hydrogen-bond acceptors (Lipinski definition) is 4. The summed E-state index contributed by atoms with van der Waals surface area (Å²) in [7, 11) is -6.45. The quantitative estimate of drug-likeness (QED) is 0.738. The molecule has 1 heterocycles. The molecule has 0 spiro atoms. The molecule has 112 valence electrons. The summed E-state index contributed by atoms with van der Waals surface area (Å²) < 4.78 is 47.4. The third-order valence-corrected chi connectivity index (χ3v) is 9.11. The summed E-state index contributed by atoms with van der Waals surface area (Å²) in [5.41, 5.74) is 0. The highest BCUT2D eigenvalue weighted by atomic mass is 35.5. The number of sulfone groups is 2. The van der Waals surface area contributed by atoms with E-state index < -0.39 is 24.9 Å². The van der Waals surface area contributed by atoms with Crippen LogP contribution in [0.5, 0.6) is 0 Å². The Bertz CT molecular complexity index is 526. The Morgan fingerprint density at radius 3 is 2.42 bits per heavy atom. The lowest BCUT2D eigenvalue weighted by Gasteiger charge is -2.31. The molecule has 1 saturated heterocycles. The summed E-state index contributed by atoms with van der Waals surface area (Å²) >= 11 is 6.08. The van der Waals surface area contributed by atoms with Crippen molar-refractivity contribution in [2.45, 2.75) is 43.2 Å². The van der Waals surface area contributed by atoms with Crippen molar-refractivity contribution >= 4 is 31.3 Å². The fraction of sp³-hybridized carbons (Fsp3) is 1.00. The van der Waals surface area contributed by atoms with Crippen LogP contribution in [0.15, 0.2) is 0 Å². The SMILES string of the molecule is CC1CC(Cl)CCC1CS(=O)(=O)C1CCS(=O)(=O)C1. The lowest BCUT2D eigenvalue weighted by molar-refractivity contribution is 0.282. The second-order valence-corrected chi connectivity index (χ2v) is 11.2. The van der Waals surface area contributed by atoms with Crippen LogP contribution in [0.25, 0.3) is 0 Å². The van der Waals surface area contributed by atoms with Crippen LogP contribution in [0.3, 0.4) is 0 Å². The summed E-state index contributed by atoms with van der Waals surface area (Å²) in [6, 6.07) is 0. The van der Waals surface area contributed by atoms with Crippen molar-refractivity contribution in [2.24, 2.45) is 11.8 Å². The van der Waals surface area contributed by atoms with E-state index in [-0.39, 0.29) is 35.0 Å². The monoisotopic (exact) mass is 328 g/mol. The average molecular weight is 329 g/mol. The van der Waals surface area contributed by atoms with Crippen LogP contribution in [0.2, 0.25) is 0 Å². The molecule has 0 radical (unpaired) electrons. The van der Waals surface area contributed by atoms with Gasteiger partial charge in [-0.15, -0.1) is 11.6 Å². The molecule has 0 N–H and O–H groups in total. The van der Waals surface area contributed by atoms with Gasteiger partial charge in [0.25, 0.3) is 0 Å². The maximum absolute atomic E-state index is 12.3. The second kappa shape index (κ2) is 5.53. The first-order chi connectivity index (χ1) is 8.70. The lowest BCUT2D eigenvalue weighted by atomic mass is 9.81. The molecule has 4 atom stereocenters. The number of hydrogen-bond donors (Lipinski definition) is 0. The van der Waals surface area contributed by atoms with E-state index in [1.807, 2.05) is 6.92 Å². The zero-order valence-corrected chi connectivity index (χ0v) is 13.5. The van der Waals surface area contributed by atoms with Crippen molar-refractivity contribution in [3.8, 4) is 0 Å². The van der Waals surface area contributed by atoms with E-state index in [1.54, 1.807) is 0 Å². The van der Waals surface area contributed by atoms with Crippen LogP contribution in [-0.4, -0.2) is 44.7 Å². The lowest BCUT2D eigenvalue weighted by Crippen LogP contribution is -2.34. The average Bonchev–Trinajstić information content (AvgIpc) is 2.64. The van der Waals surface area contributed by atoms with Crippen LogP contribution in [-0.2, 0) is 19.7 Å². The standard InChI is InChI=1S/C12H21ClO4S2/c1-9-6-11(13)3-2-10(9)7-19(16,17)12-4-5-18(14,15)8-12/h9-12H,2-8H2,1H3. The maximum Gasteiger partial charge on any atom is 0.154 e. The third kappa shape index (κ3) is 3.85. The molecule has 0 aromatic heterocycles. The van der Waals surface area contributed by atoms with Crippen molar-refractivity contribution in [3.63, 3.8) is 0 Å². The van der Waals surface area contributed by atoms with Crippen molar-refractivity contribution in [2.75, 3.05) is 17.3 Å². The Labute approximate surface area is 120 Å². The maximum atomic E-state index is 12.3. The highest BCUT2D eigenvalue weighted by Crippen LogP contribution is 2.34. The fourth-order valence-electron chi connectivity index (χ4n) is 3.12. The molecule has 0 bridgehead atoms. The second-order valence-electron chi connectivity index (χ2n) is 6.00. The van der Waals surface area contributed by atoms with Crippen molar-refractivity contribution in [3.05, 3.63) is 0 Å². The van der Waals surface area contributed by atoms with E-state index in [9.17, 15) is 16.8 Å². The summed E-state index contributed by atoms with van der Waals surface area (Å²) in [5, 5.41) is -0.528. The van der Waals surface area contributed by atoms with Crippen LogP contribution in [0.4, 0.5) is 0 Å². The Hall–Kier alpha value is 0.190. The van der Waals surface area contributed by atoms with E-state index in [0.29, 0.717) is 5.92 Å². The van der Waals surface area contributed by atoms with Gasteiger partial charge in [0.05, 0.1) is 22.5 Å². The number of rotatable bonds is 3. The molecule has 0 aromatic carbocycles. The molecule has 0 aromatic rings. The van der Waals surface area contributed by atoms with Gasteiger partial charge in [-0.25, -0.2) is 16.8 Å². The molecule has 1 aliphatic carbocycles. The predicted molar refractivity (Wildman–Crippen MR) is 77.0 cm³/mol. The molecule has 2 rings (SSSR count). The normalized spacial score (nSPS) is 39.3. The van der Waals surface area contributed by atoms with Gasteiger partial charge in [0.2, 0.25) is 0 Å². The van der Waals surface area contributed by atoms with Crippen molar-refractivity contribution < 1.29 is 16.8 Å². The zero-order valence-electron chi connectivity index (χ0n) is 11.1. The van der Waals surface area contributed by atoms with Crippen LogP contribution < -0.4 is 0 Å². The minimum atomic E-state index is -3.30. The molecule has 2 fully saturated rings. The highest BCUT2D eigenvalue weighted by molar-refractivity contribution is 7.96. The van der Waals surface area contributed by atoms with Gasteiger partial charge in [-0.1, -0.05) is 6.92 Å². The summed E-state index contributed by atoms with van der Waals surface area (Å²) in [6.45, 7) is 2.04. The van der Waals surface area contributed by atoms with Crippen LogP contribution >= 0.6 is 11.6 Å². The molecule has 1 aliphatic heterocycles. The van der Waals surface area contributed by atoms with Gasteiger partial charge in [-0.3, -0.25) is 0 Å². The first-order valence-electron chi connectivity index (χ1n) is 6.76. The highest BCUT2D eigenvalue weighted by Gasteiger charge is 2.39. The largest absolute Gasteiger partial charge is 0.229 e. The van der Waals surface area contributed by atoms with Crippen LogP contribution in [0, 0.1) is 11.8 Å². The zero-order chi connectivity index (χ0) is 14.3. The van der Waals surface area contributed by atoms with E-state index >= 15 is 0 Å². The van der Waals surface area contributed by atoms with E-state index in [0.717, 1.165) is 19.3 Å². The first kappa shape index (κ1) is 15.6. The fourth-order valence-corrected chi connectivity index (χ4v) is 8.51. The Kier molecular flexibility index (Phi) is 4.53. The van der Waals surface area contributed by atoms with E-state index in [1.165, 1.54) is 0 Å². The topological polar surface area (TPSA) is 68.3 Å².